The Bertz CT molecular complexity index is 1520. The van der Waals surface area contributed by atoms with Gasteiger partial charge in [0.2, 0.25) is 41.4 Å². The second-order valence-electron chi connectivity index (χ2n) is 14.9. The number of hydrogen-bond acceptors (Lipinski definition) is 9. The van der Waals surface area contributed by atoms with Gasteiger partial charge in [0.1, 0.15) is 24.2 Å². The number of amides is 7. The summed E-state index contributed by atoms with van der Waals surface area (Å²) in [6.07, 6.45) is 1.38. The number of ketones is 1. The second kappa shape index (κ2) is 20.6. The van der Waals surface area contributed by atoms with Gasteiger partial charge in [0.05, 0.1) is 25.0 Å². The predicted octanol–water partition coefficient (Wildman–Crippen LogP) is -0.636. The first-order valence-corrected chi connectivity index (χ1v) is 18.8. The Labute approximate surface area is 316 Å². The fraction of sp³-hybridized carbons (Fsp3) is 0.632. The zero-order valence-electron chi connectivity index (χ0n) is 31.8. The standard InChI is InChI=1S/C38H57N7O9/c1-6-21(4)31-32(48)25-13-10-14-26(25)35(51)43-28(16-23-11-8-7-9-12-23)38(54)44-29(17-30(39)47)36(52)40-18-24(19-46)34(50)42-27(15-20(2)3)37(53)41-22(5)33(49)45-31/h7-9,11-12,20-22,24-29,31,46H,6,10,13-19H2,1-5H3,(H2,39,47)(H,40,52)(H,41,53)(H,42,50)(H,43,51)(H,44,54)(H,45,49)/t21?,22-,24+,25?,26+,27-,28-,29-,31-/m0/s1. The van der Waals surface area contributed by atoms with Gasteiger partial charge in [0, 0.05) is 24.8 Å². The highest BCUT2D eigenvalue weighted by Gasteiger charge is 2.43. The van der Waals surface area contributed by atoms with Crippen molar-refractivity contribution in [2.45, 2.75) is 110 Å². The predicted molar refractivity (Wildman–Crippen MR) is 198 cm³/mol. The van der Waals surface area contributed by atoms with Crippen LogP contribution in [0.5, 0.6) is 0 Å². The normalized spacial score (nSPS) is 28.9. The molecule has 1 aromatic rings. The Balaban J connectivity index is 2.05. The van der Waals surface area contributed by atoms with Gasteiger partial charge in [-0.3, -0.25) is 38.4 Å². The lowest BCUT2D eigenvalue weighted by Gasteiger charge is -2.30. The Morgan fingerprint density at radius 1 is 0.778 bits per heavy atom. The number of aliphatic hydroxyl groups is 1. The molecular formula is C38H57N7O9. The van der Waals surface area contributed by atoms with Crippen molar-refractivity contribution in [1.82, 2.24) is 31.9 Å². The number of carbonyl (C=O) groups is 8. The van der Waals surface area contributed by atoms with E-state index in [1.165, 1.54) is 6.92 Å². The molecule has 2 fully saturated rings. The van der Waals surface area contributed by atoms with E-state index in [-0.39, 0.29) is 30.5 Å². The summed E-state index contributed by atoms with van der Waals surface area (Å²) in [5.74, 6) is -8.78. The van der Waals surface area contributed by atoms with Gasteiger partial charge in [-0.05, 0) is 43.6 Å². The first kappa shape index (κ1) is 43.5. The van der Waals surface area contributed by atoms with Crippen molar-refractivity contribution in [3.8, 4) is 0 Å². The third kappa shape index (κ3) is 12.4. The number of benzene rings is 1. The molecular weight excluding hydrogens is 698 g/mol. The van der Waals surface area contributed by atoms with E-state index in [0.29, 0.717) is 31.2 Å². The smallest absolute Gasteiger partial charge is 0.243 e. The fourth-order valence-corrected chi connectivity index (χ4v) is 6.83. The van der Waals surface area contributed by atoms with E-state index in [4.69, 9.17) is 5.73 Å². The molecule has 9 N–H and O–H groups in total. The lowest BCUT2D eigenvalue weighted by Crippen LogP contribution is -2.58. The van der Waals surface area contributed by atoms with Crippen LogP contribution in [-0.4, -0.2) is 95.6 Å². The summed E-state index contributed by atoms with van der Waals surface area (Å²) in [5.41, 5.74) is 6.11. The minimum Gasteiger partial charge on any atom is -0.395 e. The quantitative estimate of drug-likeness (QED) is 0.159. The van der Waals surface area contributed by atoms with Gasteiger partial charge < -0.3 is 42.7 Å². The highest BCUT2D eigenvalue weighted by Crippen LogP contribution is 2.35. The van der Waals surface area contributed by atoms with E-state index >= 15 is 0 Å². The van der Waals surface area contributed by atoms with E-state index in [1.807, 2.05) is 27.7 Å². The average Bonchev–Trinajstić information content (AvgIpc) is 3.62. The van der Waals surface area contributed by atoms with Gasteiger partial charge in [0.15, 0.2) is 5.78 Å². The van der Waals surface area contributed by atoms with Crippen molar-refractivity contribution in [1.29, 1.82) is 0 Å². The van der Waals surface area contributed by atoms with E-state index in [0.717, 1.165) is 0 Å². The van der Waals surface area contributed by atoms with Crippen LogP contribution in [0, 0.1) is 29.6 Å². The molecule has 1 aliphatic carbocycles. The molecule has 1 aliphatic heterocycles. The first-order chi connectivity index (χ1) is 25.6. The van der Waals surface area contributed by atoms with Crippen LogP contribution in [-0.2, 0) is 44.8 Å². The summed E-state index contributed by atoms with van der Waals surface area (Å²) in [4.78, 5) is 108. The SMILES string of the molecule is CCC(C)[C@@H]1NC(=O)[C@H](C)NC(=O)[C@H](CC(C)C)NC(=O)[C@@H](CO)CNC(=O)[C@H](CC(N)=O)NC(=O)[C@H](Cc2ccccc2)NC(=O)[C@@H]2CCCC2C1=O. The Kier molecular flexibility index (Phi) is 16.6. The van der Waals surface area contributed by atoms with Gasteiger partial charge in [-0.25, -0.2) is 0 Å². The Morgan fingerprint density at radius 3 is 2.00 bits per heavy atom. The number of primary amides is 1. The van der Waals surface area contributed by atoms with Crippen molar-refractivity contribution in [2.75, 3.05) is 13.2 Å². The highest BCUT2D eigenvalue weighted by atomic mass is 16.3. The Hall–Kier alpha value is -4.86. The van der Waals surface area contributed by atoms with Crippen LogP contribution in [0.3, 0.4) is 0 Å². The van der Waals surface area contributed by atoms with E-state index < -0.39 is 109 Å². The molecule has 2 aliphatic rings. The summed E-state index contributed by atoms with van der Waals surface area (Å²) >= 11 is 0. The zero-order chi connectivity index (χ0) is 40.1. The summed E-state index contributed by atoms with van der Waals surface area (Å²) in [6.45, 7) is 7.63. The molecule has 9 atom stereocenters. The summed E-state index contributed by atoms with van der Waals surface area (Å²) in [7, 11) is 0. The van der Waals surface area contributed by atoms with Crippen molar-refractivity contribution >= 4 is 47.1 Å². The topological polar surface area (TPSA) is 255 Å². The van der Waals surface area contributed by atoms with Crippen LogP contribution in [0.25, 0.3) is 0 Å². The van der Waals surface area contributed by atoms with Crippen molar-refractivity contribution in [3.05, 3.63) is 35.9 Å². The number of aliphatic hydroxyl groups excluding tert-OH is 1. The molecule has 2 unspecified atom stereocenters. The molecule has 16 nitrogen and oxygen atoms in total. The first-order valence-electron chi connectivity index (χ1n) is 18.8. The molecule has 1 aromatic carbocycles. The molecule has 0 radical (unpaired) electrons. The molecule has 1 heterocycles. The molecule has 0 aromatic heterocycles. The molecule has 0 spiro atoms. The minimum atomic E-state index is -1.51. The van der Waals surface area contributed by atoms with Crippen LogP contribution in [0.2, 0.25) is 0 Å². The number of fused-ring (bicyclic) bond motifs is 1. The number of rotatable bonds is 9. The largest absolute Gasteiger partial charge is 0.395 e. The fourth-order valence-electron chi connectivity index (χ4n) is 6.83. The van der Waals surface area contributed by atoms with Gasteiger partial charge in [-0.1, -0.05) is 70.9 Å². The van der Waals surface area contributed by atoms with Crippen molar-refractivity contribution < 1.29 is 43.5 Å². The second-order valence-corrected chi connectivity index (χ2v) is 14.9. The number of Topliss-reactive ketones (excluding diaryl/α,β-unsaturated/α-hetero) is 1. The van der Waals surface area contributed by atoms with Crippen molar-refractivity contribution in [2.24, 2.45) is 35.3 Å². The summed E-state index contributed by atoms with van der Waals surface area (Å²) in [6, 6.07) is 2.85. The zero-order valence-corrected chi connectivity index (χ0v) is 31.8. The number of nitrogens with two attached hydrogens (primary N) is 1. The summed E-state index contributed by atoms with van der Waals surface area (Å²) < 4.78 is 0. The molecule has 7 amide bonds. The van der Waals surface area contributed by atoms with E-state index in [1.54, 1.807) is 30.3 Å². The monoisotopic (exact) mass is 755 g/mol. The Morgan fingerprint density at radius 2 is 1.39 bits per heavy atom. The molecule has 3 rings (SSSR count). The van der Waals surface area contributed by atoms with Crippen LogP contribution in [0.1, 0.15) is 78.7 Å². The maximum absolute atomic E-state index is 14.2. The number of carbonyl (C=O) groups excluding carboxylic acids is 8. The molecule has 0 bridgehead atoms. The van der Waals surface area contributed by atoms with Gasteiger partial charge >= 0.3 is 0 Å². The van der Waals surface area contributed by atoms with E-state index in [9.17, 15) is 43.5 Å². The maximum atomic E-state index is 14.2. The molecule has 1 saturated heterocycles. The van der Waals surface area contributed by atoms with Gasteiger partial charge in [-0.2, -0.15) is 0 Å². The van der Waals surface area contributed by atoms with Gasteiger partial charge in [0.25, 0.3) is 0 Å². The van der Waals surface area contributed by atoms with E-state index in [2.05, 4.69) is 31.9 Å². The number of hydrogen-bond donors (Lipinski definition) is 8. The average molecular weight is 756 g/mol. The third-order valence-electron chi connectivity index (χ3n) is 10.2. The van der Waals surface area contributed by atoms with Crippen LogP contribution >= 0.6 is 0 Å². The molecule has 298 valence electrons. The summed E-state index contributed by atoms with van der Waals surface area (Å²) in [5, 5.41) is 25.9. The van der Waals surface area contributed by atoms with Crippen molar-refractivity contribution in [3.63, 3.8) is 0 Å². The lowest BCUT2D eigenvalue weighted by atomic mass is 9.82. The minimum absolute atomic E-state index is 0.00805. The van der Waals surface area contributed by atoms with Gasteiger partial charge in [-0.15, -0.1) is 0 Å². The van der Waals surface area contributed by atoms with Crippen LogP contribution in [0.4, 0.5) is 0 Å². The highest BCUT2D eigenvalue weighted by molar-refractivity contribution is 5.99. The molecule has 1 saturated carbocycles. The third-order valence-corrected chi connectivity index (χ3v) is 10.2. The molecule has 16 heteroatoms. The lowest BCUT2D eigenvalue weighted by molar-refractivity contribution is -0.138. The number of nitrogens with one attached hydrogen (secondary N) is 6. The van der Waals surface area contributed by atoms with Crippen LogP contribution < -0.4 is 37.6 Å². The maximum Gasteiger partial charge on any atom is 0.243 e. The van der Waals surface area contributed by atoms with Crippen LogP contribution in [0.15, 0.2) is 30.3 Å². The molecule has 54 heavy (non-hydrogen) atoms.